The van der Waals surface area contributed by atoms with Crippen LogP contribution in [0.5, 0.6) is 0 Å². The minimum atomic E-state index is -3.87. The molecule has 0 spiro atoms. The number of carbonyl (C=O) groups is 2. The minimum Gasteiger partial charge on any atom is -0.465 e. The summed E-state index contributed by atoms with van der Waals surface area (Å²) in [5.74, 6) is -1.01. The summed E-state index contributed by atoms with van der Waals surface area (Å²) in [6.45, 7) is 0.891. The zero-order valence-corrected chi connectivity index (χ0v) is 19.2. The number of ether oxygens (including phenoxy) is 1. The van der Waals surface area contributed by atoms with E-state index >= 15 is 0 Å². The van der Waals surface area contributed by atoms with Gasteiger partial charge in [-0.2, -0.15) is 4.31 Å². The van der Waals surface area contributed by atoms with Gasteiger partial charge in [0.05, 0.1) is 17.6 Å². The number of thiophene rings is 1. The van der Waals surface area contributed by atoms with E-state index < -0.39 is 16.0 Å². The van der Waals surface area contributed by atoms with Crippen LogP contribution in [0.25, 0.3) is 10.1 Å². The largest absolute Gasteiger partial charge is 0.465 e. The zero-order chi connectivity index (χ0) is 22.7. The van der Waals surface area contributed by atoms with Crippen molar-refractivity contribution in [3.63, 3.8) is 0 Å². The second-order valence-electron chi connectivity index (χ2n) is 7.64. The molecule has 9 heteroatoms. The summed E-state index contributed by atoms with van der Waals surface area (Å²) >= 11 is 1.65. The maximum atomic E-state index is 13.1. The Morgan fingerprint density at radius 2 is 1.78 bits per heavy atom. The molecule has 0 unspecified atom stereocenters. The second kappa shape index (κ2) is 9.40. The Hall–Kier alpha value is -2.75. The molecule has 3 aromatic rings. The molecule has 168 valence electrons. The average Bonchev–Trinajstić information content (AvgIpc) is 3.25. The first-order chi connectivity index (χ1) is 15.4. The molecule has 0 radical (unpaired) electrons. The topological polar surface area (TPSA) is 92.8 Å². The fourth-order valence-corrected chi connectivity index (χ4v) is 6.58. The Balaban J connectivity index is 1.38. The molecule has 1 aliphatic heterocycles. The van der Waals surface area contributed by atoms with Gasteiger partial charge in [0.15, 0.2) is 0 Å². The van der Waals surface area contributed by atoms with Crippen molar-refractivity contribution in [2.24, 2.45) is 5.92 Å². The lowest BCUT2D eigenvalue weighted by molar-refractivity contribution is -0.126. The maximum absolute atomic E-state index is 13.1. The number of nitrogens with one attached hydrogen (secondary N) is 1. The summed E-state index contributed by atoms with van der Waals surface area (Å²) in [7, 11) is -2.65. The van der Waals surface area contributed by atoms with Gasteiger partial charge in [0.1, 0.15) is 0 Å². The SMILES string of the molecule is COC(=O)c1ccccc1S(=O)(=O)N1CCC(C(=O)NCc2csc3ccccc23)CC1. The quantitative estimate of drug-likeness (QED) is 0.555. The summed E-state index contributed by atoms with van der Waals surface area (Å²) in [6.07, 6.45) is 0.853. The number of amides is 1. The molecular weight excluding hydrogens is 448 g/mol. The molecule has 2 heterocycles. The molecule has 1 fully saturated rings. The van der Waals surface area contributed by atoms with Crippen LogP contribution < -0.4 is 5.32 Å². The number of carbonyl (C=O) groups excluding carboxylic acids is 2. The molecule has 1 N–H and O–H groups in total. The van der Waals surface area contributed by atoms with Crippen molar-refractivity contribution < 1.29 is 22.7 Å². The van der Waals surface area contributed by atoms with Crippen LogP contribution in [0.4, 0.5) is 0 Å². The first-order valence-corrected chi connectivity index (χ1v) is 12.6. The smallest absolute Gasteiger partial charge is 0.339 e. The van der Waals surface area contributed by atoms with E-state index in [1.54, 1.807) is 23.5 Å². The number of nitrogens with zero attached hydrogens (tertiary/aromatic N) is 1. The first-order valence-electron chi connectivity index (χ1n) is 10.3. The number of sulfonamides is 1. The van der Waals surface area contributed by atoms with Gasteiger partial charge in [-0.15, -0.1) is 11.3 Å². The molecule has 1 aromatic heterocycles. The summed E-state index contributed by atoms with van der Waals surface area (Å²) in [5, 5.41) is 6.20. The van der Waals surface area contributed by atoms with Crippen molar-refractivity contribution in [1.82, 2.24) is 9.62 Å². The van der Waals surface area contributed by atoms with Crippen LogP contribution in [0.15, 0.2) is 58.8 Å². The number of fused-ring (bicyclic) bond motifs is 1. The third kappa shape index (κ3) is 4.41. The van der Waals surface area contributed by atoms with Gasteiger partial charge in [0.25, 0.3) is 0 Å². The van der Waals surface area contributed by atoms with E-state index in [9.17, 15) is 18.0 Å². The van der Waals surface area contributed by atoms with Crippen molar-refractivity contribution >= 4 is 43.3 Å². The van der Waals surface area contributed by atoms with Gasteiger partial charge in [-0.3, -0.25) is 4.79 Å². The average molecular weight is 473 g/mol. The van der Waals surface area contributed by atoms with E-state index in [-0.39, 0.29) is 35.4 Å². The van der Waals surface area contributed by atoms with Gasteiger partial charge >= 0.3 is 5.97 Å². The van der Waals surface area contributed by atoms with Crippen LogP contribution in [0.1, 0.15) is 28.8 Å². The van der Waals surface area contributed by atoms with Crippen molar-refractivity contribution in [3.05, 3.63) is 65.0 Å². The van der Waals surface area contributed by atoms with Gasteiger partial charge in [-0.05, 0) is 47.4 Å². The molecule has 0 saturated carbocycles. The Bertz CT molecular complexity index is 1240. The molecule has 32 heavy (non-hydrogen) atoms. The van der Waals surface area contributed by atoms with Gasteiger partial charge in [-0.1, -0.05) is 30.3 Å². The Labute approximate surface area is 191 Å². The summed E-state index contributed by atoms with van der Waals surface area (Å²) in [4.78, 5) is 24.6. The third-order valence-corrected chi connectivity index (χ3v) is 8.72. The Kier molecular flexibility index (Phi) is 6.59. The van der Waals surface area contributed by atoms with E-state index in [1.165, 1.54) is 28.2 Å². The molecule has 7 nitrogen and oxygen atoms in total. The zero-order valence-electron chi connectivity index (χ0n) is 17.6. The molecule has 0 bridgehead atoms. The summed E-state index contributed by atoms with van der Waals surface area (Å²) < 4.78 is 33.5. The highest BCUT2D eigenvalue weighted by Gasteiger charge is 2.34. The van der Waals surface area contributed by atoms with E-state index in [0.717, 1.165) is 10.9 Å². The van der Waals surface area contributed by atoms with Gasteiger partial charge in [-0.25, -0.2) is 13.2 Å². The molecular formula is C23H24N2O5S2. The van der Waals surface area contributed by atoms with Crippen molar-refractivity contribution in [2.45, 2.75) is 24.3 Å². The van der Waals surface area contributed by atoms with E-state index in [0.29, 0.717) is 19.4 Å². The summed E-state index contributed by atoms with van der Waals surface area (Å²) in [5.41, 5.74) is 1.09. The number of methoxy groups -OCH3 is 1. The van der Waals surface area contributed by atoms with Crippen LogP contribution in [0, 0.1) is 5.92 Å². The van der Waals surface area contributed by atoms with Crippen molar-refractivity contribution in [2.75, 3.05) is 20.2 Å². The molecule has 4 rings (SSSR count). The third-order valence-electron chi connectivity index (χ3n) is 5.75. The number of piperidine rings is 1. The molecule has 0 atom stereocenters. The molecule has 0 aliphatic carbocycles. The maximum Gasteiger partial charge on any atom is 0.339 e. The highest BCUT2D eigenvalue weighted by molar-refractivity contribution is 7.89. The van der Waals surface area contributed by atoms with Gasteiger partial charge in [0, 0.05) is 30.3 Å². The van der Waals surface area contributed by atoms with Crippen LogP contribution in [-0.2, 0) is 26.1 Å². The lowest BCUT2D eigenvalue weighted by atomic mass is 9.97. The lowest BCUT2D eigenvalue weighted by Crippen LogP contribution is -2.43. The molecule has 2 aromatic carbocycles. The molecule has 1 amide bonds. The standard InChI is InChI=1S/C23H24N2O5S2/c1-30-23(27)19-7-3-5-9-21(19)32(28,29)25-12-10-16(11-13-25)22(26)24-14-17-15-31-20-8-4-2-6-18(17)20/h2-9,15-16H,10-14H2,1H3,(H,24,26). The van der Waals surface area contributed by atoms with E-state index in [1.807, 2.05) is 18.2 Å². The van der Waals surface area contributed by atoms with Crippen LogP contribution >= 0.6 is 11.3 Å². The van der Waals surface area contributed by atoms with Crippen molar-refractivity contribution in [1.29, 1.82) is 0 Å². The van der Waals surface area contributed by atoms with Crippen LogP contribution in [-0.4, -0.2) is 44.8 Å². The fourth-order valence-electron chi connectivity index (χ4n) is 3.96. The monoisotopic (exact) mass is 472 g/mol. The van der Waals surface area contributed by atoms with Crippen LogP contribution in [0.3, 0.4) is 0 Å². The highest BCUT2D eigenvalue weighted by atomic mass is 32.2. The number of benzene rings is 2. The second-order valence-corrected chi connectivity index (χ2v) is 10.5. The van der Waals surface area contributed by atoms with Gasteiger partial charge in [0.2, 0.25) is 15.9 Å². The number of rotatable bonds is 6. The molecule has 1 saturated heterocycles. The Morgan fingerprint density at radius 1 is 1.09 bits per heavy atom. The predicted molar refractivity (Wildman–Crippen MR) is 123 cm³/mol. The Morgan fingerprint density at radius 3 is 2.53 bits per heavy atom. The van der Waals surface area contributed by atoms with E-state index in [4.69, 9.17) is 4.74 Å². The normalized spacial score (nSPS) is 15.5. The van der Waals surface area contributed by atoms with E-state index in [2.05, 4.69) is 16.8 Å². The van der Waals surface area contributed by atoms with Gasteiger partial charge < -0.3 is 10.1 Å². The summed E-state index contributed by atoms with van der Waals surface area (Å²) in [6, 6.07) is 14.1. The number of esters is 1. The number of hydrogen-bond acceptors (Lipinski definition) is 6. The predicted octanol–water partition coefficient (Wildman–Crippen LogP) is 3.41. The number of hydrogen-bond donors (Lipinski definition) is 1. The lowest BCUT2D eigenvalue weighted by Gasteiger charge is -2.31. The fraction of sp³-hybridized carbons (Fsp3) is 0.304. The minimum absolute atomic E-state index is 0.0119. The van der Waals surface area contributed by atoms with Crippen LogP contribution in [0.2, 0.25) is 0 Å². The molecule has 1 aliphatic rings. The highest BCUT2D eigenvalue weighted by Crippen LogP contribution is 2.28. The van der Waals surface area contributed by atoms with Crippen molar-refractivity contribution in [3.8, 4) is 0 Å². The first kappa shape index (κ1) is 22.4.